The van der Waals surface area contributed by atoms with Crippen LogP contribution < -0.4 is 9.80 Å². The number of nitrogens with zero attached hydrogens (tertiary/aromatic N) is 3. The van der Waals surface area contributed by atoms with Crippen LogP contribution in [-0.2, 0) is 5.41 Å². The molecule has 0 aliphatic heterocycles. The standard InChI is InChI=1S/C60H43N3O/c1-60(2,3)41-25-29-54-53(35-41)58-49-36-46(61(42-16-8-4-9-17-42)43-18-10-5-11-19-43)26-24-38(49)30-52-50-31-39-32-51-48-28-27-47(62(44-20-12-6-13-21-44)45-22-14-7-15-23-45)37-57(48)64-56(51)34-40(39)33-55(50)63(54)59(52)58/h4-37H,1-3H3. The molecule has 0 N–H and O–H groups in total. The van der Waals surface area contributed by atoms with E-state index >= 15 is 0 Å². The summed E-state index contributed by atoms with van der Waals surface area (Å²) in [4.78, 5) is 4.65. The molecule has 0 aliphatic rings. The van der Waals surface area contributed by atoms with E-state index in [9.17, 15) is 0 Å². The summed E-state index contributed by atoms with van der Waals surface area (Å²) < 4.78 is 9.30. The first-order valence-corrected chi connectivity index (χ1v) is 22.2. The van der Waals surface area contributed by atoms with Crippen LogP contribution in [0.1, 0.15) is 26.3 Å². The lowest BCUT2D eigenvalue weighted by Crippen LogP contribution is -2.10. The van der Waals surface area contributed by atoms with Crippen molar-refractivity contribution in [2.75, 3.05) is 9.80 Å². The van der Waals surface area contributed by atoms with E-state index in [2.05, 4.69) is 241 Å². The maximum atomic E-state index is 6.77. The molecule has 4 nitrogen and oxygen atoms in total. The van der Waals surface area contributed by atoms with E-state index in [1.54, 1.807) is 0 Å². The van der Waals surface area contributed by atoms with Gasteiger partial charge in [0.05, 0.1) is 16.6 Å². The molecule has 3 heterocycles. The van der Waals surface area contributed by atoms with Crippen LogP contribution >= 0.6 is 0 Å². The molecule has 13 aromatic rings. The Balaban J connectivity index is 1.04. The van der Waals surface area contributed by atoms with Crippen molar-refractivity contribution in [3.8, 4) is 0 Å². The monoisotopic (exact) mass is 821 g/mol. The molecule has 0 saturated heterocycles. The van der Waals surface area contributed by atoms with Gasteiger partial charge < -0.3 is 18.6 Å². The van der Waals surface area contributed by atoms with Gasteiger partial charge in [-0.3, -0.25) is 0 Å². The quantitative estimate of drug-likeness (QED) is 0.167. The highest BCUT2D eigenvalue weighted by atomic mass is 16.3. The Bertz CT molecular complexity index is 3840. The van der Waals surface area contributed by atoms with Crippen molar-refractivity contribution in [1.82, 2.24) is 4.40 Å². The first-order chi connectivity index (χ1) is 31.4. The van der Waals surface area contributed by atoms with Crippen LogP contribution in [0.4, 0.5) is 34.1 Å². The average molecular weight is 822 g/mol. The van der Waals surface area contributed by atoms with Gasteiger partial charge in [0.2, 0.25) is 0 Å². The highest BCUT2D eigenvalue weighted by Gasteiger charge is 2.24. The van der Waals surface area contributed by atoms with Gasteiger partial charge >= 0.3 is 0 Å². The van der Waals surface area contributed by atoms with E-state index in [0.29, 0.717) is 0 Å². The average Bonchev–Trinajstić information content (AvgIpc) is 3.97. The molecule has 304 valence electrons. The molecule has 0 fully saturated rings. The van der Waals surface area contributed by atoms with Crippen molar-refractivity contribution in [2.24, 2.45) is 0 Å². The predicted octanol–water partition coefficient (Wildman–Crippen LogP) is 17.3. The normalized spacial score (nSPS) is 12.3. The molecule has 0 amide bonds. The van der Waals surface area contributed by atoms with Crippen LogP contribution in [0.25, 0.3) is 81.6 Å². The number of rotatable bonds is 6. The second-order valence-corrected chi connectivity index (χ2v) is 18.2. The number of anilines is 6. The SMILES string of the molecule is CC(C)(C)c1ccc2c(c1)c1c3cc(N(c4ccccc4)c4ccccc4)ccc3cc3c4cc5cc6c(cc5cc4n2c31)oc1cc(N(c2ccccc2)c2ccccc2)ccc16. The highest BCUT2D eigenvalue weighted by Crippen LogP contribution is 2.47. The van der Waals surface area contributed by atoms with Gasteiger partial charge in [-0.25, -0.2) is 0 Å². The van der Waals surface area contributed by atoms with Gasteiger partial charge in [-0.2, -0.15) is 0 Å². The molecule has 0 radical (unpaired) electrons. The Morgan fingerprint density at radius 3 is 1.50 bits per heavy atom. The van der Waals surface area contributed by atoms with E-state index in [1.807, 2.05) is 0 Å². The second-order valence-electron chi connectivity index (χ2n) is 18.2. The van der Waals surface area contributed by atoms with Gasteiger partial charge in [0.15, 0.2) is 0 Å². The summed E-state index contributed by atoms with van der Waals surface area (Å²) in [5, 5.41) is 12.2. The first kappa shape index (κ1) is 36.6. The third kappa shape index (κ3) is 5.55. The molecule has 0 atom stereocenters. The molecule has 0 aliphatic carbocycles. The molecule has 3 aromatic heterocycles. The van der Waals surface area contributed by atoms with Gasteiger partial charge in [-0.1, -0.05) is 106 Å². The molecule has 13 rings (SSSR count). The van der Waals surface area contributed by atoms with E-state index in [-0.39, 0.29) is 5.41 Å². The molecule has 10 aromatic carbocycles. The third-order valence-electron chi connectivity index (χ3n) is 13.3. The molecule has 0 saturated carbocycles. The Morgan fingerprint density at radius 1 is 0.359 bits per heavy atom. The molecule has 64 heavy (non-hydrogen) atoms. The highest BCUT2D eigenvalue weighted by molar-refractivity contribution is 6.32. The van der Waals surface area contributed by atoms with Crippen LogP contribution in [0.5, 0.6) is 0 Å². The lowest BCUT2D eigenvalue weighted by Gasteiger charge is -2.25. The van der Waals surface area contributed by atoms with E-state index in [4.69, 9.17) is 4.42 Å². The molecular formula is C60H43N3O. The summed E-state index contributed by atoms with van der Waals surface area (Å²) in [5.74, 6) is 0. The van der Waals surface area contributed by atoms with Crippen LogP contribution in [0.15, 0.2) is 211 Å². The summed E-state index contributed by atoms with van der Waals surface area (Å²) in [5.41, 5.74) is 13.4. The Kier molecular flexibility index (Phi) is 7.83. The minimum absolute atomic E-state index is 0.00304. The van der Waals surface area contributed by atoms with Gasteiger partial charge in [0.1, 0.15) is 11.2 Å². The third-order valence-corrected chi connectivity index (χ3v) is 13.3. The molecule has 4 heteroatoms. The number of hydrogen-bond acceptors (Lipinski definition) is 3. The van der Waals surface area contributed by atoms with Gasteiger partial charge in [0, 0.05) is 72.5 Å². The summed E-state index contributed by atoms with van der Waals surface area (Å²) >= 11 is 0. The Morgan fingerprint density at radius 2 is 0.891 bits per heavy atom. The fourth-order valence-electron chi connectivity index (χ4n) is 10.3. The van der Waals surface area contributed by atoms with E-state index < -0.39 is 0 Å². The van der Waals surface area contributed by atoms with E-state index in [1.165, 1.54) is 59.8 Å². The Hall–Kier alpha value is -8.08. The number of furan rings is 1. The van der Waals surface area contributed by atoms with Crippen LogP contribution in [0.3, 0.4) is 0 Å². The van der Waals surface area contributed by atoms with Gasteiger partial charge in [-0.15, -0.1) is 0 Å². The lowest BCUT2D eigenvalue weighted by atomic mass is 9.86. The van der Waals surface area contributed by atoms with Crippen molar-refractivity contribution >= 4 is 116 Å². The summed E-state index contributed by atoms with van der Waals surface area (Å²) in [6.45, 7) is 6.92. The summed E-state index contributed by atoms with van der Waals surface area (Å²) in [7, 11) is 0. The smallest absolute Gasteiger partial charge is 0.137 e. The maximum absolute atomic E-state index is 6.77. The number of benzene rings is 10. The van der Waals surface area contributed by atoms with Crippen molar-refractivity contribution in [3.05, 3.63) is 212 Å². The van der Waals surface area contributed by atoms with Gasteiger partial charge in [0.25, 0.3) is 0 Å². The number of aromatic nitrogens is 1. The van der Waals surface area contributed by atoms with Crippen LogP contribution in [-0.4, -0.2) is 4.40 Å². The summed E-state index contributed by atoms with van der Waals surface area (Å²) in [6, 6.07) is 75.0. The molecule has 0 unspecified atom stereocenters. The van der Waals surface area contributed by atoms with Crippen molar-refractivity contribution < 1.29 is 4.42 Å². The lowest BCUT2D eigenvalue weighted by molar-refractivity contribution is 0.591. The predicted molar refractivity (Wildman–Crippen MR) is 271 cm³/mol. The molecule has 0 spiro atoms. The Labute approximate surface area is 370 Å². The zero-order valence-corrected chi connectivity index (χ0v) is 35.9. The fraction of sp³-hybridized carbons (Fsp3) is 0.0667. The number of hydrogen-bond donors (Lipinski definition) is 0. The fourth-order valence-corrected chi connectivity index (χ4v) is 10.3. The number of fused-ring (bicyclic) bond motifs is 12. The minimum Gasteiger partial charge on any atom is -0.456 e. The summed E-state index contributed by atoms with van der Waals surface area (Å²) in [6.07, 6.45) is 0. The second kappa shape index (κ2) is 13.7. The maximum Gasteiger partial charge on any atom is 0.137 e. The molecular weight excluding hydrogens is 779 g/mol. The topological polar surface area (TPSA) is 24.0 Å². The van der Waals surface area contributed by atoms with Crippen molar-refractivity contribution in [3.63, 3.8) is 0 Å². The first-order valence-electron chi connectivity index (χ1n) is 22.2. The zero-order chi connectivity index (χ0) is 42.7. The molecule has 0 bridgehead atoms. The van der Waals surface area contributed by atoms with Gasteiger partial charge in [-0.05, 0) is 148 Å². The largest absolute Gasteiger partial charge is 0.456 e. The van der Waals surface area contributed by atoms with Crippen LogP contribution in [0, 0.1) is 0 Å². The van der Waals surface area contributed by atoms with Crippen LogP contribution in [0.2, 0.25) is 0 Å². The number of para-hydroxylation sites is 4. The zero-order valence-electron chi connectivity index (χ0n) is 35.9. The van der Waals surface area contributed by atoms with Crippen molar-refractivity contribution in [1.29, 1.82) is 0 Å². The van der Waals surface area contributed by atoms with E-state index in [0.717, 1.165) is 61.4 Å². The van der Waals surface area contributed by atoms with Crippen molar-refractivity contribution in [2.45, 2.75) is 26.2 Å². The minimum atomic E-state index is -0.00304.